The Kier molecular flexibility index (Phi) is 3.33. The molecule has 1 rings (SSSR count). The first-order valence-corrected chi connectivity index (χ1v) is 5.35. The van der Waals surface area contributed by atoms with Gasteiger partial charge >= 0.3 is 11.8 Å². The number of sulfonamides is 1. The van der Waals surface area contributed by atoms with Crippen molar-refractivity contribution in [2.24, 2.45) is 5.14 Å². The topological polar surface area (TPSA) is 116 Å². The summed E-state index contributed by atoms with van der Waals surface area (Å²) in [6.07, 6.45) is -3.44. The zero-order chi connectivity index (χ0) is 13.4. The molecule has 0 spiro atoms. The second-order valence-electron chi connectivity index (χ2n) is 2.79. The summed E-state index contributed by atoms with van der Waals surface area (Å²) in [5.41, 5.74) is -1.40. The molecule has 0 atom stereocenters. The number of halogens is 3. The van der Waals surface area contributed by atoms with Crippen molar-refractivity contribution in [1.29, 1.82) is 0 Å². The van der Waals surface area contributed by atoms with E-state index in [4.69, 9.17) is 0 Å². The van der Waals surface area contributed by atoms with Gasteiger partial charge in [-0.1, -0.05) is 0 Å². The van der Waals surface area contributed by atoms with E-state index in [1.807, 2.05) is 0 Å². The monoisotopic (exact) mass is 271 g/mol. The third kappa shape index (κ3) is 2.68. The molecule has 7 nitrogen and oxygen atoms in total. The number of hydrogen-bond donors (Lipinski definition) is 1. The van der Waals surface area contributed by atoms with Gasteiger partial charge in [-0.25, -0.2) is 22.3 Å². The minimum absolute atomic E-state index is 0.160. The van der Waals surface area contributed by atoms with E-state index in [2.05, 4.69) is 10.1 Å². The lowest BCUT2D eigenvalue weighted by atomic mass is 10.2. The van der Waals surface area contributed by atoms with Crippen molar-refractivity contribution in [1.82, 2.24) is 4.98 Å². The van der Waals surface area contributed by atoms with E-state index in [1.54, 1.807) is 0 Å². The zero-order valence-electron chi connectivity index (χ0n) is 7.80. The van der Waals surface area contributed by atoms with Crippen LogP contribution < -0.4 is 5.14 Å². The molecule has 0 aliphatic heterocycles. The van der Waals surface area contributed by atoms with Gasteiger partial charge in [-0.2, -0.15) is 4.39 Å². The summed E-state index contributed by atoms with van der Waals surface area (Å²) in [4.78, 5) is 10.1. The largest absolute Gasteiger partial charge is 0.367 e. The predicted octanol–water partition coefficient (Wildman–Crippen LogP) is 0.714. The molecular formula is C6H4F3N3O4S. The molecule has 2 N–H and O–H groups in total. The minimum Gasteiger partial charge on any atom is -0.358 e. The maximum atomic E-state index is 13.1. The number of aromatic nitrogens is 1. The molecule has 0 amide bonds. The molecule has 94 valence electrons. The molecule has 1 aromatic rings. The average Bonchev–Trinajstić information content (AvgIpc) is 2.13. The van der Waals surface area contributed by atoms with E-state index in [9.17, 15) is 31.7 Å². The first-order valence-electron chi connectivity index (χ1n) is 3.80. The van der Waals surface area contributed by atoms with Crippen molar-refractivity contribution < 1.29 is 26.5 Å². The Labute approximate surface area is 92.3 Å². The maximum Gasteiger partial charge on any atom is 0.367 e. The molecule has 17 heavy (non-hydrogen) atoms. The van der Waals surface area contributed by atoms with Gasteiger partial charge in [-0.05, 0) is 9.91 Å². The van der Waals surface area contributed by atoms with Crippen LogP contribution in [0.15, 0.2) is 11.0 Å². The highest BCUT2D eigenvalue weighted by molar-refractivity contribution is 7.89. The van der Waals surface area contributed by atoms with Crippen LogP contribution in [0.1, 0.15) is 12.0 Å². The summed E-state index contributed by atoms with van der Waals surface area (Å²) in [5, 5.41) is 14.8. The predicted molar refractivity (Wildman–Crippen MR) is 47.2 cm³/mol. The van der Waals surface area contributed by atoms with Crippen LogP contribution in [0.4, 0.5) is 19.0 Å². The normalized spacial score (nSPS) is 11.8. The number of pyridine rings is 1. The highest BCUT2D eigenvalue weighted by atomic mass is 32.2. The molecular weight excluding hydrogens is 267 g/mol. The molecule has 0 saturated carbocycles. The molecule has 0 aliphatic carbocycles. The Hall–Kier alpha value is -1.75. The van der Waals surface area contributed by atoms with Gasteiger partial charge in [-0.3, -0.25) is 0 Å². The van der Waals surface area contributed by atoms with E-state index >= 15 is 0 Å². The summed E-state index contributed by atoms with van der Waals surface area (Å²) in [6.45, 7) is 0. The average molecular weight is 271 g/mol. The number of nitrogens with two attached hydrogens (primary N) is 1. The fourth-order valence-electron chi connectivity index (χ4n) is 1.04. The van der Waals surface area contributed by atoms with Crippen LogP contribution in [0.5, 0.6) is 0 Å². The van der Waals surface area contributed by atoms with E-state index in [-0.39, 0.29) is 6.07 Å². The lowest BCUT2D eigenvalue weighted by Crippen LogP contribution is -2.18. The highest BCUT2D eigenvalue weighted by Crippen LogP contribution is 2.29. The lowest BCUT2D eigenvalue weighted by Gasteiger charge is -2.05. The molecule has 0 bridgehead atoms. The van der Waals surface area contributed by atoms with E-state index in [0.717, 1.165) is 0 Å². The Morgan fingerprint density at radius 3 is 2.35 bits per heavy atom. The van der Waals surface area contributed by atoms with Gasteiger partial charge < -0.3 is 10.1 Å². The van der Waals surface area contributed by atoms with Crippen LogP contribution >= 0.6 is 0 Å². The van der Waals surface area contributed by atoms with Crippen LogP contribution in [0.2, 0.25) is 0 Å². The third-order valence-electron chi connectivity index (χ3n) is 1.65. The molecule has 1 aromatic heterocycles. The molecule has 1 heterocycles. The zero-order valence-corrected chi connectivity index (χ0v) is 8.62. The molecule has 0 saturated heterocycles. The molecule has 0 fully saturated rings. The van der Waals surface area contributed by atoms with Crippen LogP contribution in [0, 0.1) is 16.1 Å². The molecule has 0 radical (unpaired) electrons. The Morgan fingerprint density at radius 1 is 1.47 bits per heavy atom. The number of nitro groups is 1. The van der Waals surface area contributed by atoms with Crippen molar-refractivity contribution in [3.63, 3.8) is 0 Å². The quantitative estimate of drug-likeness (QED) is 0.493. The SMILES string of the molecule is NS(=O)(=O)c1c(C(F)F)cc([N+](=O)[O-])nc1F. The van der Waals surface area contributed by atoms with Crippen molar-refractivity contribution >= 4 is 15.8 Å². The molecule has 0 aromatic carbocycles. The number of alkyl halides is 2. The van der Waals surface area contributed by atoms with Gasteiger partial charge in [0.1, 0.15) is 0 Å². The minimum atomic E-state index is -4.79. The number of hydrogen-bond acceptors (Lipinski definition) is 5. The van der Waals surface area contributed by atoms with Crippen molar-refractivity contribution in [2.45, 2.75) is 11.3 Å². The number of nitrogens with zero attached hydrogens (tertiary/aromatic N) is 2. The number of primary sulfonamides is 1. The first-order chi connectivity index (χ1) is 7.64. The second-order valence-corrected chi connectivity index (χ2v) is 4.29. The van der Waals surface area contributed by atoms with Gasteiger partial charge in [0.15, 0.2) is 4.90 Å². The molecule has 11 heteroatoms. The summed E-state index contributed by atoms with van der Waals surface area (Å²) in [7, 11) is -4.79. The van der Waals surface area contributed by atoms with Gasteiger partial charge in [0, 0.05) is 6.07 Å². The summed E-state index contributed by atoms with van der Waals surface area (Å²) < 4.78 is 59.7. The highest BCUT2D eigenvalue weighted by Gasteiger charge is 2.31. The van der Waals surface area contributed by atoms with Gasteiger partial charge in [0.05, 0.1) is 5.56 Å². The maximum absolute atomic E-state index is 13.1. The van der Waals surface area contributed by atoms with Crippen molar-refractivity contribution in [3.05, 3.63) is 27.7 Å². The lowest BCUT2D eigenvalue weighted by molar-refractivity contribution is -0.390. The van der Waals surface area contributed by atoms with Gasteiger partial charge in [-0.15, -0.1) is 0 Å². The fourth-order valence-corrected chi connectivity index (χ4v) is 1.80. The van der Waals surface area contributed by atoms with Crippen molar-refractivity contribution in [2.75, 3.05) is 0 Å². The van der Waals surface area contributed by atoms with Crippen LogP contribution in [0.3, 0.4) is 0 Å². The third-order valence-corrected chi connectivity index (χ3v) is 2.63. The van der Waals surface area contributed by atoms with Crippen LogP contribution in [-0.2, 0) is 10.0 Å². The Morgan fingerprint density at radius 2 is 2.00 bits per heavy atom. The van der Waals surface area contributed by atoms with Crippen LogP contribution in [-0.4, -0.2) is 18.3 Å². The van der Waals surface area contributed by atoms with E-state index < -0.39 is 43.6 Å². The van der Waals surface area contributed by atoms with Crippen molar-refractivity contribution in [3.8, 4) is 0 Å². The standard InChI is InChI=1S/C6H4F3N3O4S/c7-5(8)2-1-3(12(13)14)11-6(9)4(2)17(10,15)16/h1,5H,(H2,10,15,16). The van der Waals surface area contributed by atoms with E-state index in [0.29, 0.717) is 0 Å². The molecule has 0 unspecified atom stereocenters. The van der Waals surface area contributed by atoms with E-state index in [1.165, 1.54) is 0 Å². The fraction of sp³-hybridized carbons (Fsp3) is 0.167. The number of rotatable bonds is 3. The summed E-state index contributed by atoms with van der Waals surface area (Å²) in [6, 6.07) is 0.160. The Bertz CT molecular complexity index is 574. The smallest absolute Gasteiger partial charge is 0.358 e. The van der Waals surface area contributed by atoms with Crippen LogP contribution in [0.25, 0.3) is 0 Å². The second kappa shape index (κ2) is 4.25. The van der Waals surface area contributed by atoms with Gasteiger partial charge in [0.25, 0.3) is 6.43 Å². The molecule has 0 aliphatic rings. The summed E-state index contributed by atoms with van der Waals surface area (Å²) in [5.74, 6) is -3.16. The first kappa shape index (κ1) is 13.3. The van der Waals surface area contributed by atoms with Gasteiger partial charge in [0.2, 0.25) is 10.0 Å². The Balaban J connectivity index is 3.67. The summed E-state index contributed by atoms with van der Waals surface area (Å²) >= 11 is 0.